The maximum atomic E-state index is 12.4. The SMILES string of the molecule is CCCCNc1nc(SCCC)nc2c1nnn2[C@@H]1C[C@H](C(=O)NCC(N)=O)[C@@H](O)[C@H]1O. The summed E-state index contributed by atoms with van der Waals surface area (Å²) in [7, 11) is 0. The fourth-order valence-electron chi connectivity index (χ4n) is 3.61. The van der Waals surface area contributed by atoms with Crippen molar-refractivity contribution in [3.63, 3.8) is 0 Å². The zero-order valence-corrected chi connectivity index (χ0v) is 19.0. The molecule has 13 heteroatoms. The van der Waals surface area contributed by atoms with Gasteiger partial charge in [-0.2, -0.15) is 0 Å². The number of aliphatic hydroxyl groups excluding tert-OH is 2. The summed E-state index contributed by atoms with van der Waals surface area (Å²) in [6.07, 6.45) is 0.458. The smallest absolute Gasteiger partial charge is 0.236 e. The molecule has 2 aromatic rings. The Labute approximate surface area is 189 Å². The molecule has 0 saturated heterocycles. The molecule has 1 saturated carbocycles. The highest BCUT2D eigenvalue weighted by molar-refractivity contribution is 7.99. The number of nitrogens with zero attached hydrogens (tertiary/aromatic N) is 5. The summed E-state index contributed by atoms with van der Waals surface area (Å²) in [5.74, 6) is -0.766. The van der Waals surface area contributed by atoms with E-state index in [0.717, 1.165) is 31.6 Å². The molecule has 2 amide bonds. The van der Waals surface area contributed by atoms with E-state index >= 15 is 0 Å². The molecular formula is C19H30N8O4S. The Morgan fingerprint density at radius 1 is 1.22 bits per heavy atom. The van der Waals surface area contributed by atoms with Crippen molar-refractivity contribution in [3.05, 3.63) is 0 Å². The number of hydrogen-bond acceptors (Lipinski definition) is 10. The zero-order valence-electron chi connectivity index (χ0n) is 18.2. The van der Waals surface area contributed by atoms with Crippen LogP contribution < -0.4 is 16.4 Å². The molecule has 2 aromatic heterocycles. The van der Waals surface area contributed by atoms with Gasteiger partial charge in [-0.25, -0.2) is 14.6 Å². The van der Waals surface area contributed by atoms with Gasteiger partial charge in [-0.15, -0.1) is 5.10 Å². The monoisotopic (exact) mass is 466 g/mol. The number of aliphatic hydroxyl groups is 2. The molecule has 0 bridgehead atoms. The van der Waals surface area contributed by atoms with Crippen LogP contribution >= 0.6 is 11.8 Å². The second kappa shape index (κ2) is 10.9. The van der Waals surface area contributed by atoms with E-state index in [0.29, 0.717) is 22.1 Å². The molecule has 3 rings (SSSR count). The van der Waals surface area contributed by atoms with Crippen molar-refractivity contribution in [2.45, 2.75) is 62.9 Å². The number of amides is 2. The first kappa shape index (κ1) is 24.1. The molecule has 32 heavy (non-hydrogen) atoms. The number of carbonyl (C=O) groups excluding carboxylic acids is 2. The first-order valence-electron chi connectivity index (χ1n) is 10.8. The normalized spacial score (nSPS) is 22.9. The van der Waals surface area contributed by atoms with Crippen LogP contribution in [-0.4, -0.2) is 78.0 Å². The molecule has 0 unspecified atom stereocenters. The first-order valence-corrected chi connectivity index (χ1v) is 11.8. The predicted molar refractivity (Wildman–Crippen MR) is 119 cm³/mol. The number of hydrogen-bond donors (Lipinski definition) is 5. The van der Waals surface area contributed by atoms with Crippen LogP contribution in [0, 0.1) is 5.92 Å². The standard InChI is InChI=1S/C19H30N8O4S/c1-3-5-6-21-16-13-17(24-19(23-16)32-7-4-2)27(26-25-13)11-8-10(14(29)15(11)30)18(31)22-9-12(20)28/h10-11,14-15,29-30H,3-9H2,1-2H3,(H2,20,28)(H,22,31)(H,21,23,24)/t10-,11+,14+,15-/m0/s1. The van der Waals surface area contributed by atoms with Gasteiger partial charge in [0.05, 0.1) is 24.6 Å². The van der Waals surface area contributed by atoms with Gasteiger partial charge in [0.25, 0.3) is 0 Å². The third-order valence-electron chi connectivity index (χ3n) is 5.30. The summed E-state index contributed by atoms with van der Waals surface area (Å²) in [6, 6.07) is -0.721. The van der Waals surface area contributed by atoms with Crippen LogP contribution in [0.15, 0.2) is 5.16 Å². The van der Waals surface area contributed by atoms with Crippen LogP contribution in [0.3, 0.4) is 0 Å². The van der Waals surface area contributed by atoms with Crippen molar-refractivity contribution < 1.29 is 19.8 Å². The Balaban J connectivity index is 1.91. The van der Waals surface area contributed by atoms with Gasteiger partial charge < -0.3 is 26.6 Å². The van der Waals surface area contributed by atoms with E-state index in [9.17, 15) is 19.8 Å². The van der Waals surface area contributed by atoms with Crippen molar-refractivity contribution in [1.82, 2.24) is 30.3 Å². The predicted octanol–water partition coefficient (Wildman–Crippen LogP) is -0.180. The minimum absolute atomic E-state index is 0.103. The molecule has 4 atom stereocenters. The number of nitrogens with two attached hydrogens (primary N) is 1. The number of anilines is 1. The summed E-state index contributed by atoms with van der Waals surface area (Å²) in [5.41, 5.74) is 5.95. The second-order valence-corrected chi connectivity index (χ2v) is 8.83. The average Bonchev–Trinajstić information content (AvgIpc) is 3.32. The minimum atomic E-state index is -1.33. The van der Waals surface area contributed by atoms with E-state index < -0.39 is 36.0 Å². The molecule has 1 aliphatic rings. The molecule has 0 aliphatic heterocycles. The topological polar surface area (TPSA) is 181 Å². The Kier molecular flexibility index (Phi) is 8.21. The summed E-state index contributed by atoms with van der Waals surface area (Å²) in [5, 5.41) is 35.7. The Morgan fingerprint density at radius 3 is 2.69 bits per heavy atom. The fourth-order valence-corrected chi connectivity index (χ4v) is 4.31. The third kappa shape index (κ3) is 5.27. The van der Waals surface area contributed by atoms with Gasteiger partial charge in [-0.3, -0.25) is 9.59 Å². The van der Waals surface area contributed by atoms with Gasteiger partial charge in [0.15, 0.2) is 22.1 Å². The lowest BCUT2D eigenvalue weighted by Gasteiger charge is -2.17. The van der Waals surface area contributed by atoms with Crippen LogP contribution in [0.4, 0.5) is 5.82 Å². The summed E-state index contributed by atoms with van der Waals surface area (Å²) in [4.78, 5) is 32.5. The number of nitrogens with one attached hydrogen (secondary N) is 2. The maximum Gasteiger partial charge on any atom is 0.236 e. The van der Waals surface area contributed by atoms with Crippen molar-refractivity contribution >= 4 is 40.6 Å². The number of primary amides is 1. The van der Waals surface area contributed by atoms with Crippen molar-refractivity contribution in [3.8, 4) is 0 Å². The largest absolute Gasteiger partial charge is 0.390 e. The van der Waals surface area contributed by atoms with Gasteiger partial charge in [0.1, 0.15) is 6.10 Å². The highest BCUT2D eigenvalue weighted by atomic mass is 32.2. The molecule has 0 radical (unpaired) electrons. The average molecular weight is 467 g/mol. The van der Waals surface area contributed by atoms with Crippen LogP contribution in [0.1, 0.15) is 45.6 Å². The van der Waals surface area contributed by atoms with Crippen LogP contribution in [0.5, 0.6) is 0 Å². The number of fused-ring (bicyclic) bond motifs is 1. The Morgan fingerprint density at radius 2 is 2.00 bits per heavy atom. The molecule has 0 spiro atoms. The summed E-state index contributed by atoms with van der Waals surface area (Å²) < 4.78 is 1.45. The number of carbonyl (C=O) groups is 2. The zero-order chi connectivity index (χ0) is 23.3. The van der Waals surface area contributed by atoms with Gasteiger partial charge in [0, 0.05) is 12.3 Å². The van der Waals surface area contributed by atoms with Crippen LogP contribution in [-0.2, 0) is 9.59 Å². The van der Waals surface area contributed by atoms with Gasteiger partial charge in [-0.05, 0) is 19.3 Å². The highest BCUT2D eigenvalue weighted by Gasteiger charge is 2.47. The molecule has 176 valence electrons. The molecule has 1 aliphatic carbocycles. The van der Waals surface area contributed by atoms with Crippen molar-refractivity contribution in [1.29, 1.82) is 0 Å². The lowest BCUT2D eigenvalue weighted by Crippen LogP contribution is -2.41. The number of aromatic nitrogens is 5. The van der Waals surface area contributed by atoms with Gasteiger partial charge >= 0.3 is 0 Å². The van der Waals surface area contributed by atoms with Crippen molar-refractivity contribution in [2.75, 3.05) is 24.2 Å². The van der Waals surface area contributed by atoms with Crippen molar-refractivity contribution in [2.24, 2.45) is 11.7 Å². The summed E-state index contributed by atoms with van der Waals surface area (Å²) in [6.45, 7) is 4.55. The molecule has 6 N–H and O–H groups in total. The maximum absolute atomic E-state index is 12.4. The third-order valence-corrected chi connectivity index (χ3v) is 6.35. The van der Waals surface area contributed by atoms with E-state index in [1.807, 2.05) is 0 Å². The van der Waals surface area contributed by atoms with E-state index in [-0.39, 0.29) is 13.0 Å². The lowest BCUT2D eigenvalue weighted by atomic mass is 10.0. The molecular weight excluding hydrogens is 436 g/mol. The lowest BCUT2D eigenvalue weighted by molar-refractivity contribution is -0.130. The second-order valence-electron chi connectivity index (χ2n) is 7.76. The van der Waals surface area contributed by atoms with E-state index in [1.54, 1.807) is 0 Å². The number of rotatable bonds is 11. The quantitative estimate of drug-likeness (QED) is 0.169. The van der Waals surface area contributed by atoms with E-state index in [4.69, 9.17) is 5.73 Å². The molecule has 12 nitrogen and oxygen atoms in total. The van der Waals surface area contributed by atoms with Gasteiger partial charge in [-0.1, -0.05) is 37.2 Å². The Hall–Kier alpha value is -2.51. The number of thioether (sulfide) groups is 1. The molecule has 0 aromatic carbocycles. The molecule has 2 heterocycles. The Bertz CT molecular complexity index is 955. The fraction of sp³-hybridized carbons (Fsp3) is 0.684. The van der Waals surface area contributed by atoms with E-state index in [1.165, 1.54) is 16.4 Å². The molecule has 1 fully saturated rings. The number of unbranched alkanes of at least 4 members (excludes halogenated alkanes) is 1. The van der Waals surface area contributed by atoms with Gasteiger partial charge in [0.2, 0.25) is 11.8 Å². The summed E-state index contributed by atoms with van der Waals surface area (Å²) >= 11 is 1.51. The van der Waals surface area contributed by atoms with Crippen LogP contribution in [0.2, 0.25) is 0 Å². The minimum Gasteiger partial charge on any atom is -0.390 e. The first-order chi connectivity index (χ1) is 15.4. The van der Waals surface area contributed by atoms with Crippen LogP contribution in [0.25, 0.3) is 11.2 Å². The van der Waals surface area contributed by atoms with E-state index in [2.05, 4.69) is 44.8 Å². The highest BCUT2D eigenvalue weighted by Crippen LogP contribution is 2.37.